The summed E-state index contributed by atoms with van der Waals surface area (Å²) >= 11 is 0. The van der Waals surface area contributed by atoms with Gasteiger partial charge in [-0.15, -0.1) is 0 Å². The normalized spacial score (nSPS) is 12.7. The SMILES string of the molecule is CC(Oc1ccccc1)c1ccc(N(c2ccc(C=Cc3cnc(C=Cc4ccc(N(c5ccc(C(C)Oc6ccccc6)cc5)c5ccc(C(C)Oc6ccccc6)cc5)cc4)cn3)cc2)c2ccc(C(C)Oc3ccccc3)cc2)cc1. The van der Waals surface area contributed by atoms with Crippen LogP contribution in [0.2, 0.25) is 0 Å². The molecule has 0 fully saturated rings. The minimum atomic E-state index is -0.119. The smallest absolute Gasteiger partial charge is 0.121 e. The van der Waals surface area contributed by atoms with Crippen LogP contribution in [0, 0.1) is 0 Å². The average Bonchev–Trinajstić information content (AvgIpc) is 3.73. The highest BCUT2D eigenvalue weighted by Crippen LogP contribution is 2.39. The van der Waals surface area contributed by atoms with Gasteiger partial charge in [0.15, 0.2) is 0 Å². The maximum Gasteiger partial charge on any atom is 0.121 e. The minimum absolute atomic E-state index is 0.119. The quantitative estimate of drug-likeness (QED) is 0.0665. The summed E-state index contributed by atoms with van der Waals surface area (Å²) in [6.45, 7) is 8.31. The highest BCUT2D eigenvalue weighted by molar-refractivity contribution is 5.80. The fourth-order valence-electron chi connectivity index (χ4n) is 9.91. The lowest BCUT2D eigenvalue weighted by molar-refractivity contribution is 0.226. The Bertz CT molecular complexity index is 3410. The molecule has 11 aromatic rings. The van der Waals surface area contributed by atoms with Crippen LogP contribution in [-0.4, -0.2) is 9.97 Å². The Morgan fingerprint density at radius 3 is 0.690 bits per heavy atom. The Morgan fingerprint density at radius 1 is 0.262 bits per heavy atom. The molecule has 8 nitrogen and oxygen atoms in total. The molecule has 0 radical (unpaired) electrons. The monoisotopic (exact) mass is 1100 g/mol. The number of hydrogen-bond donors (Lipinski definition) is 0. The first-order chi connectivity index (χ1) is 41.2. The Kier molecular flexibility index (Phi) is 17.8. The van der Waals surface area contributed by atoms with Gasteiger partial charge in [-0.05, 0) is 195 Å². The third-order valence-corrected chi connectivity index (χ3v) is 14.6. The summed E-state index contributed by atoms with van der Waals surface area (Å²) in [5, 5.41) is 0. The number of anilines is 6. The molecule has 0 spiro atoms. The van der Waals surface area contributed by atoms with Crippen LogP contribution in [-0.2, 0) is 0 Å². The molecule has 414 valence electrons. The molecule has 84 heavy (non-hydrogen) atoms. The molecule has 1 aromatic heterocycles. The molecule has 0 aliphatic heterocycles. The molecular formula is C76H66N4O4. The molecule has 8 heteroatoms. The van der Waals surface area contributed by atoms with Crippen molar-refractivity contribution in [2.75, 3.05) is 9.80 Å². The average molecular weight is 1100 g/mol. The number of para-hydroxylation sites is 4. The lowest BCUT2D eigenvalue weighted by Gasteiger charge is -2.27. The van der Waals surface area contributed by atoms with Crippen LogP contribution in [0.15, 0.2) is 279 Å². The minimum Gasteiger partial charge on any atom is -0.486 e. The molecule has 1 heterocycles. The fraction of sp³-hybridized carbons (Fsp3) is 0.105. The van der Waals surface area contributed by atoms with Crippen LogP contribution in [0.25, 0.3) is 24.3 Å². The second-order valence-corrected chi connectivity index (χ2v) is 20.5. The van der Waals surface area contributed by atoms with E-state index in [1.54, 1.807) is 12.4 Å². The van der Waals surface area contributed by atoms with Gasteiger partial charge in [-0.1, -0.05) is 158 Å². The van der Waals surface area contributed by atoms with Gasteiger partial charge in [-0.25, -0.2) is 0 Å². The van der Waals surface area contributed by atoms with Crippen molar-refractivity contribution in [2.45, 2.75) is 52.1 Å². The van der Waals surface area contributed by atoms with E-state index >= 15 is 0 Å². The van der Waals surface area contributed by atoms with E-state index in [0.717, 1.165) is 102 Å². The van der Waals surface area contributed by atoms with Crippen molar-refractivity contribution in [1.82, 2.24) is 9.97 Å². The van der Waals surface area contributed by atoms with Crippen molar-refractivity contribution in [3.05, 3.63) is 324 Å². The molecule has 10 aromatic carbocycles. The molecular weight excluding hydrogens is 1030 g/mol. The summed E-state index contributed by atoms with van der Waals surface area (Å²) in [7, 11) is 0. The van der Waals surface area contributed by atoms with E-state index in [0.29, 0.717) is 0 Å². The summed E-state index contributed by atoms with van der Waals surface area (Å²) in [6.07, 6.45) is 11.2. The highest BCUT2D eigenvalue weighted by atomic mass is 16.5. The largest absolute Gasteiger partial charge is 0.486 e. The van der Waals surface area contributed by atoms with E-state index in [2.05, 4.69) is 195 Å². The molecule has 0 saturated heterocycles. The maximum atomic E-state index is 6.26. The first-order valence-electron chi connectivity index (χ1n) is 28.5. The van der Waals surface area contributed by atoms with Gasteiger partial charge in [-0.2, -0.15) is 0 Å². The third-order valence-electron chi connectivity index (χ3n) is 14.6. The van der Waals surface area contributed by atoms with Crippen molar-refractivity contribution < 1.29 is 18.9 Å². The van der Waals surface area contributed by atoms with Gasteiger partial charge in [0, 0.05) is 34.1 Å². The summed E-state index contributed by atoms with van der Waals surface area (Å²) < 4.78 is 25.1. The third kappa shape index (κ3) is 14.4. The lowest BCUT2D eigenvalue weighted by atomic mass is 10.1. The van der Waals surface area contributed by atoms with Crippen molar-refractivity contribution in [1.29, 1.82) is 0 Å². The van der Waals surface area contributed by atoms with Gasteiger partial charge in [0.05, 0.1) is 23.8 Å². The molecule has 11 rings (SSSR count). The lowest BCUT2D eigenvalue weighted by Crippen LogP contribution is -2.11. The zero-order chi connectivity index (χ0) is 57.5. The van der Waals surface area contributed by atoms with Crippen LogP contribution in [0.5, 0.6) is 23.0 Å². The number of aromatic nitrogens is 2. The number of hydrogen-bond acceptors (Lipinski definition) is 8. The topological polar surface area (TPSA) is 69.2 Å². The summed E-state index contributed by atoms with van der Waals surface area (Å²) in [4.78, 5) is 14.0. The maximum absolute atomic E-state index is 6.26. The highest BCUT2D eigenvalue weighted by Gasteiger charge is 2.18. The second kappa shape index (κ2) is 26.9. The summed E-state index contributed by atoms with van der Waals surface area (Å²) in [6, 6.07) is 91.2. The second-order valence-electron chi connectivity index (χ2n) is 20.5. The number of benzene rings is 10. The molecule has 4 atom stereocenters. The van der Waals surface area contributed by atoms with E-state index in [1.807, 2.05) is 133 Å². The van der Waals surface area contributed by atoms with Crippen molar-refractivity contribution in [2.24, 2.45) is 0 Å². The van der Waals surface area contributed by atoms with E-state index in [9.17, 15) is 0 Å². The van der Waals surface area contributed by atoms with Crippen molar-refractivity contribution >= 4 is 58.4 Å². The first-order valence-corrected chi connectivity index (χ1v) is 28.5. The van der Waals surface area contributed by atoms with E-state index < -0.39 is 0 Å². The number of ether oxygens (including phenoxy) is 4. The number of rotatable bonds is 22. The summed E-state index contributed by atoms with van der Waals surface area (Å²) in [5.41, 5.74) is 14.1. The van der Waals surface area contributed by atoms with Crippen LogP contribution in [0.3, 0.4) is 0 Å². The van der Waals surface area contributed by atoms with Crippen molar-refractivity contribution in [3.8, 4) is 23.0 Å². The Morgan fingerprint density at radius 2 is 0.476 bits per heavy atom. The molecule has 0 bridgehead atoms. The predicted octanol–water partition coefficient (Wildman–Crippen LogP) is 20.3. The van der Waals surface area contributed by atoms with Gasteiger partial charge >= 0.3 is 0 Å². The zero-order valence-electron chi connectivity index (χ0n) is 47.6. The predicted molar refractivity (Wildman–Crippen MR) is 344 cm³/mol. The molecule has 0 saturated carbocycles. The Balaban J connectivity index is 0.767. The molecule has 0 aliphatic rings. The van der Waals surface area contributed by atoms with Gasteiger partial charge in [0.25, 0.3) is 0 Å². The van der Waals surface area contributed by atoms with Crippen molar-refractivity contribution in [3.63, 3.8) is 0 Å². The van der Waals surface area contributed by atoms with E-state index in [1.165, 1.54) is 0 Å². The zero-order valence-corrected chi connectivity index (χ0v) is 47.6. The van der Waals surface area contributed by atoms with Crippen LogP contribution < -0.4 is 28.7 Å². The first kappa shape index (κ1) is 55.5. The van der Waals surface area contributed by atoms with E-state index in [4.69, 9.17) is 28.9 Å². The Hall–Kier alpha value is -10.4. The van der Waals surface area contributed by atoms with Gasteiger partial charge < -0.3 is 28.7 Å². The van der Waals surface area contributed by atoms with Crippen LogP contribution >= 0.6 is 0 Å². The van der Waals surface area contributed by atoms with Gasteiger partial charge in [-0.3, -0.25) is 9.97 Å². The fourth-order valence-corrected chi connectivity index (χ4v) is 9.91. The molecule has 0 amide bonds. The molecule has 0 aliphatic carbocycles. The Labute approximate surface area is 493 Å². The standard InChI is InChI=1S/C76H66N4O4/c1-55(81-73-17-9-5-10-18-73)61-31-45-69(46-32-61)79(70-47-33-62(34-48-70)56(2)82-74-19-11-6-12-20-74)67-41-27-59(28-42-67)25-39-65-53-78-66(54-77-65)40-26-60-29-43-68(44-30-60)80(71-49-35-63(36-50-71)57(3)83-75-21-13-7-14-22-75)72-51-37-64(38-52-72)58(4)84-76-23-15-8-16-24-76/h5-58H,1-4H3. The van der Waals surface area contributed by atoms with Crippen LogP contribution in [0.1, 0.15) is 96.9 Å². The van der Waals surface area contributed by atoms with Crippen LogP contribution in [0.4, 0.5) is 34.1 Å². The number of nitrogens with zero attached hydrogens (tertiary/aromatic N) is 4. The van der Waals surface area contributed by atoms with E-state index in [-0.39, 0.29) is 24.4 Å². The van der Waals surface area contributed by atoms with Gasteiger partial charge in [0.1, 0.15) is 47.4 Å². The molecule has 4 unspecified atom stereocenters. The van der Waals surface area contributed by atoms with Gasteiger partial charge in [0.2, 0.25) is 0 Å². The summed E-state index contributed by atoms with van der Waals surface area (Å²) in [5.74, 6) is 3.37. The molecule has 0 N–H and O–H groups in total.